The molecule has 27 heavy (non-hydrogen) atoms. The molecule has 0 aliphatic heterocycles. The van der Waals surface area contributed by atoms with Gasteiger partial charge in [-0.15, -0.1) is 11.8 Å². The van der Waals surface area contributed by atoms with E-state index in [1.165, 1.54) is 18.2 Å². The number of nitrogens with one attached hydrogen (secondary N) is 2. The molecule has 2 aromatic rings. The molecule has 0 fully saturated rings. The van der Waals surface area contributed by atoms with E-state index < -0.39 is 10.0 Å². The number of anilines is 1. The van der Waals surface area contributed by atoms with Crippen molar-refractivity contribution >= 4 is 33.4 Å². The molecule has 8 heteroatoms. The Balaban J connectivity index is 1.78. The van der Waals surface area contributed by atoms with Crippen LogP contribution in [0.25, 0.3) is 0 Å². The van der Waals surface area contributed by atoms with Crippen LogP contribution in [0, 0.1) is 5.82 Å². The zero-order valence-corrected chi connectivity index (χ0v) is 16.7. The summed E-state index contributed by atoms with van der Waals surface area (Å²) < 4.78 is 39.0. The maximum absolute atomic E-state index is 12.8. The number of benzene rings is 2. The monoisotopic (exact) mass is 410 g/mol. The summed E-state index contributed by atoms with van der Waals surface area (Å²) in [5, 5.41) is 2.82. The lowest BCUT2D eigenvalue weighted by atomic mass is 10.2. The molecular weight excluding hydrogens is 387 g/mol. The Bertz CT molecular complexity index is 856. The predicted molar refractivity (Wildman–Crippen MR) is 108 cm³/mol. The number of hydrogen-bond acceptors (Lipinski definition) is 4. The Morgan fingerprint density at radius 1 is 1.15 bits per heavy atom. The second kappa shape index (κ2) is 10.3. The highest BCUT2D eigenvalue weighted by Crippen LogP contribution is 2.18. The molecule has 0 spiro atoms. The largest absolute Gasteiger partial charge is 0.352 e. The minimum atomic E-state index is -3.39. The van der Waals surface area contributed by atoms with Gasteiger partial charge in [-0.05, 0) is 61.1 Å². The van der Waals surface area contributed by atoms with Gasteiger partial charge in [-0.1, -0.05) is 13.0 Å². The van der Waals surface area contributed by atoms with E-state index in [0.29, 0.717) is 24.2 Å². The highest BCUT2D eigenvalue weighted by atomic mass is 32.2. The first-order valence-electron chi connectivity index (χ1n) is 8.67. The number of sulfonamides is 1. The van der Waals surface area contributed by atoms with Gasteiger partial charge in [0.2, 0.25) is 10.0 Å². The Labute approximate surface area is 163 Å². The van der Waals surface area contributed by atoms with Crippen LogP contribution in [-0.2, 0) is 10.0 Å². The Morgan fingerprint density at radius 2 is 1.89 bits per heavy atom. The summed E-state index contributed by atoms with van der Waals surface area (Å²) in [4.78, 5) is 13.2. The van der Waals surface area contributed by atoms with Gasteiger partial charge in [0.1, 0.15) is 5.82 Å². The smallest absolute Gasteiger partial charge is 0.251 e. The fraction of sp³-hybridized carbons (Fsp3) is 0.316. The van der Waals surface area contributed by atoms with Crippen molar-refractivity contribution in [1.82, 2.24) is 5.32 Å². The van der Waals surface area contributed by atoms with Crippen molar-refractivity contribution in [3.8, 4) is 0 Å². The number of carbonyl (C=O) groups excluding carboxylic acids is 1. The van der Waals surface area contributed by atoms with E-state index in [1.807, 2.05) is 0 Å². The third-order valence-corrected chi connectivity index (χ3v) is 6.15. The lowest BCUT2D eigenvalue weighted by Gasteiger charge is -2.09. The summed E-state index contributed by atoms with van der Waals surface area (Å²) in [6.07, 6.45) is 1.28. The number of rotatable bonds is 10. The molecule has 0 saturated carbocycles. The first kappa shape index (κ1) is 21.2. The van der Waals surface area contributed by atoms with Crippen molar-refractivity contribution < 1.29 is 17.6 Å². The molecule has 0 saturated heterocycles. The van der Waals surface area contributed by atoms with Gasteiger partial charge in [0, 0.05) is 22.7 Å². The normalized spacial score (nSPS) is 11.2. The molecule has 5 nitrogen and oxygen atoms in total. The third kappa shape index (κ3) is 7.60. The first-order valence-corrected chi connectivity index (χ1v) is 11.3. The van der Waals surface area contributed by atoms with E-state index in [0.717, 1.165) is 17.1 Å². The van der Waals surface area contributed by atoms with E-state index in [4.69, 9.17) is 0 Å². The van der Waals surface area contributed by atoms with Crippen LogP contribution < -0.4 is 10.0 Å². The van der Waals surface area contributed by atoms with Crippen LogP contribution >= 0.6 is 11.8 Å². The molecule has 0 aliphatic rings. The minimum absolute atomic E-state index is 0.0369. The quantitative estimate of drug-likeness (QED) is 0.460. The van der Waals surface area contributed by atoms with Crippen LogP contribution in [0.15, 0.2) is 53.4 Å². The predicted octanol–water partition coefficient (Wildman–Crippen LogP) is 3.89. The molecule has 2 N–H and O–H groups in total. The van der Waals surface area contributed by atoms with Gasteiger partial charge in [0.25, 0.3) is 5.91 Å². The van der Waals surface area contributed by atoms with E-state index in [-0.39, 0.29) is 17.5 Å². The fourth-order valence-corrected chi connectivity index (χ4v) is 4.30. The summed E-state index contributed by atoms with van der Waals surface area (Å²) in [6.45, 7) is 2.29. The van der Waals surface area contributed by atoms with E-state index in [9.17, 15) is 17.6 Å². The lowest BCUT2D eigenvalue weighted by molar-refractivity contribution is 0.0954. The molecule has 146 valence electrons. The molecule has 0 radical (unpaired) electrons. The van der Waals surface area contributed by atoms with Crippen molar-refractivity contribution in [1.29, 1.82) is 0 Å². The zero-order valence-electron chi connectivity index (χ0n) is 15.1. The fourth-order valence-electron chi connectivity index (χ4n) is 2.32. The van der Waals surface area contributed by atoms with Gasteiger partial charge in [-0.3, -0.25) is 9.52 Å². The molecule has 0 bridgehead atoms. The molecule has 2 aromatic carbocycles. The number of halogens is 1. The molecule has 0 heterocycles. The van der Waals surface area contributed by atoms with Gasteiger partial charge in [0.15, 0.2) is 0 Å². The number of amides is 1. The minimum Gasteiger partial charge on any atom is -0.352 e. The SMILES string of the molecule is CCCS(=O)(=O)Nc1cccc(C(=O)NCCCSc2ccc(F)cc2)c1. The summed E-state index contributed by atoms with van der Waals surface area (Å²) >= 11 is 1.60. The first-order chi connectivity index (χ1) is 12.9. The zero-order chi connectivity index (χ0) is 19.7. The van der Waals surface area contributed by atoms with Gasteiger partial charge in [0.05, 0.1) is 5.75 Å². The average molecular weight is 411 g/mol. The molecule has 0 atom stereocenters. The van der Waals surface area contributed by atoms with E-state index in [2.05, 4.69) is 10.0 Å². The standard InChI is InChI=1S/C19H23FN2O3S2/c1-2-13-27(24,25)22-17-6-3-5-15(14-17)19(23)21-11-4-12-26-18-9-7-16(20)8-10-18/h3,5-10,14,22H,2,4,11-13H2,1H3,(H,21,23). The van der Waals surface area contributed by atoms with Gasteiger partial charge in [-0.25, -0.2) is 12.8 Å². The molecule has 1 amide bonds. The molecule has 0 unspecified atom stereocenters. The Hall–Kier alpha value is -2.06. The molecular formula is C19H23FN2O3S2. The third-order valence-electron chi connectivity index (χ3n) is 3.56. The summed E-state index contributed by atoms with van der Waals surface area (Å²) in [5.41, 5.74) is 0.779. The van der Waals surface area contributed by atoms with Gasteiger partial charge >= 0.3 is 0 Å². The summed E-state index contributed by atoms with van der Waals surface area (Å²) in [7, 11) is -3.39. The van der Waals surface area contributed by atoms with Crippen molar-refractivity contribution in [2.75, 3.05) is 22.8 Å². The van der Waals surface area contributed by atoms with Crippen LogP contribution in [0.1, 0.15) is 30.1 Å². The van der Waals surface area contributed by atoms with Crippen molar-refractivity contribution in [2.45, 2.75) is 24.7 Å². The average Bonchev–Trinajstić information content (AvgIpc) is 2.62. The van der Waals surface area contributed by atoms with Crippen molar-refractivity contribution in [3.05, 3.63) is 59.9 Å². The maximum Gasteiger partial charge on any atom is 0.251 e. The number of thioether (sulfide) groups is 1. The molecule has 2 rings (SSSR count). The maximum atomic E-state index is 12.8. The number of hydrogen-bond donors (Lipinski definition) is 2. The lowest BCUT2D eigenvalue weighted by Crippen LogP contribution is -2.25. The van der Waals surface area contributed by atoms with E-state index in [1.54, 1.807) is 49.0 Å². The van der Waals surface area contributed by atoms with Gasteiger partial charge in [-0.2, -0.15) is 0 Å². The van der Waals surface area contributed by atoms with Crippen LogP contribution in [0.4, 0.5) is 10.1 Å². The van der Waals surface area contributed by atoms with Crippen LogP contribution in [0.5, 0.6) is 0 Å². The van der Waals surface area contributed by atoms with E-state index >= 15 is 0 Å². The van der Waals surface area contributed by atoms with Crippen LogP contribution in [0.2, 0.25) is 0 Å². The second-order valence-electron chi connectivity index (χ2n) is 5.91. The Morgan fingerprint density at radius 3 is 2.59 bits per heavy atom. The number of carbonyl (C=O) groups is 1. The second-order valence-corrected chi connectivity index (χ2v) is 8.92. The molecule has 0 aliphatic carbocycles. The van der Waals surface area contributed by atoms with Crippen LogP contribution in [0.3, 0.4) is 0 Å². The summed E-state index contributed by atoms with van der Waals surface area (Å²) in [5.74, 6) is 0.321. The van der Waals surface area contributed by atoms with Crippen molar-refractivity contribution in [3.63, 3.8) is 0 Å². The Kier molecular flexibility index (Phi) is 8.12. The molecule has 0 aromatic heterocycles. The topological polar surface area (TPSA) is 75.3 Å². The van der Waals surface area contributed by atoms with Crippen molar-refractivity contribution in [2.24, 2.45) is 0 Å². The highest BCUT2D eigenvalue weighted by Gasteiger charge is 2.11. The summed E-state index contributed by atoms with van der Waals surface area (Å²) in [6, 6.07) is 12.7. The highest BCUT2D eigenvalue weighted by molar-refractivity contribution is 7.99. The van der Waals surface area contributed by atoms with Gasteiger partial charge < -0.3 is 5.32 Å². The van der Waals surface area contributed by atoms with Crippen LogP contribution in [-0.4, -0.2) is 32.4 Å².